The summed E-state index contributed by atoms with van der Waals surface area (Å²) in [6.45, 7) is 8.65. The van der Waals surface area contributed by atoms with Gasteiger partial charge in [0.25, 0.3) is 0 Å². The molecular formula is C12H31N3. The third kappa shape index (κ3) is 6.88. The molecule has 0 heterocycles. The van der Waals surface area contributed by atoms with Gasteiger partial charge >= 0.3 is 0 Å². The molecule has 7 N–H and O–H groups in total. The molecule has 0 aromatic heterocycles. The van der Waals surface area contributed by atoms with Crippen LogP contribution in [0.2, 0.25) is 0 Å². The van der Waals surface area contributed by atoms with Crippen LogP contribution >= 0.6 is 0 Å². The molecule has 0 radical (unpaired) electrons. The molecule has 0 aliphatic heterocycles. The monoisotopic (exact) mass is 217 g/mol. The summed E-state index contributed by atoms with van der Waals surface area (Å²) in [7, 11) is 0. The molecule has 15 heavy (non-hydrogen) atoms. The summed E-state index contributed by atoms with van der Waals surface area (Å²) in [5.74, 6) is 0.628. The van der Waals surface area contributed by atoms with E-state index in [2.05, 4.69) is 20.8 Å². The van der Waals surface area contributed by atoms with Gasteiger partial charge in [-0.2, -0.15) is 0 Å². The lowest BCUT2D eigenvalue weighted by atomic mass is 9.77. The minimum atomic E-state index is -0.0831. The van der Waals surface area contributed by atoms with E-state index in [0.717, 1.165) is 6.42 Å². The van der Waals surface area contributed by atoms with Crippen LogP contribution in [0, 0.1) is 5.92 Å². The molecule has 0 aromatic carbocycles. The van der Waals surface area contributed by atoms with E-state index in [-0.39, 0.29) is 17.7 Å². The Kier molecular flexibility index (Phi) is 9.31. The molecule has 0 saturated heterocycles. The molecule has 0 aliphatic rings. The second-order valence-corrected chi connectivity index (χ2v) is 4.96. The molecule has 0 bridgehead atoms. The fraction of sp³-hybridized carbons (Fsp3) is 1.00. The SMILES string of the molecule is CCCC(CCC)C(C)(N)CC(C)N.N. The zero-order valence-corrected chi connectivity index (χ0v) is 11.1. The maximum atomic E-state index is 6.35. The molecule has 94 valence electrons. The highest BCUT2D eigenvalue weighted by atomic mass is 14.8. The van der Waals surface area contributed by atoms with Gasteiger partial charge in [0.2, 0.25) is 0 Å². The fourth-order valence-electron chi connectivity index (χ4n) is 2.36. The van der Waals surface area contributed by atoms with Crippen molar-refractivity contribution in [1.82, 2.24) is 6.15 Å². The average molecular weight is 217 g/mol. The van der Waals surface area contributed by atoms with Gasteiger partial charge < -0.3 is 17.6 Å². The van der Waals surface area contributed by atoms with Gasteiger partial charge in [-0.1, -0.05) is 26.7 Å². The van der Waals surface area contributed by atoms with Crippen molar-refractivity contribution in [2.24, 2.45) is 17.4 Å². The van der Waals surface area contributed by atoms with Crippen molar-refractivity contribution >= 4 is 0 Å². The highest BCUT2D eigenvalue weighted by Crippen LogP contribution is 2.28. The van der Waals surface area contributed by atoms with E-state index in [1.165, 1.54) is 25.7 Å². The Labute approximate surface area is 95.6 Å². The zero-order valence-electron chi connectivity index (χ0n) is 11.1. The second-order valence-electron chi connectivity index (χ2n) is 4.96. The lowest BCUT2D eigenvalue weighted by Crippen LogP contribution is -2.47. The van der Waals surface area contributed by atoms with Crippen molar-refractivity contribution in [3.63, 3.8) is 0 Å². The summed E-state index contributed by atoms with van der Waals surface area (Å²) < 4.78 is 0. The van der Waals surface area contributed by atoms with E-state index < -0.39 is 0 Å². The van der Waals surface area contributed by atoms with Gasteiger partial charge in [-0.05, 0) is 39.0 Å². The molecule has 0 fully saturated rings. The van der Waals surface area contributed by atoms with Crippen LogP contribution in [0.25, 0.3) is 0 Å². The zero-order chi connectivity index (χ0) is 11.2. The number of hydrogen-bond donors (Lipinski definition) is 3. The molecule has 2 atom stereocenters. The summed E-state index contributed by atoms with van der Waals surface area (Å²) in [5, 5.41) is 0. The van der Waals surface area contributed by atoms with E-state index in [1.54, 1.807) is 0 Å². The average Bonchev–Trinajstić information content (AvgIpc) is 2.01. The van der Waals surface area contributed by atoms with Crippen molar-refractivity contribution in [2.45, 2.75) is 71.4 Å². The highest BCUT2D eigenvalue weighted by molar-refractivity contribution is 4.88. The quantitative estimate of drug-likeness (QED) is 0.613. The van der Waals surface area contributed by atoms with Gasteiger partial charge in [0.1, 0.15) is 0 Å². The predicted molar refractivity (Wildman–Crippen MR) is 69.2 cm³/mol. The normalized spacial score (nSPS) is 17.0. The first-order valence-electron chi connectivity index (χ1n) is 5.98. The number of nitrogens with two attached hydrogens (primary N) is 2. The van der Waals surface area contributed by atoms with Gasteiger partial charge in [-0.3, -0.25) is 0 Å². The number of hydrogen-bond acceptors (Lipinski definition) is 3. The second kappa shape index (κ2) is 8.08. The Morgan fingerprint density at radius 3 is 1.80 bits per heavy atom. The Morgan fingerprint density at radius 2 is 1.53 bits per heavy atom. The van der Waals surface area contributed by atoms with Crippen LogP contribution in [0.4, 0.5) is 0 Å². The Morgan fingerprint density at radius 1 is 1.13 bits per heavy atom. The molecule has 0 rings (SSSR count). The van der Waals surface area contributed by atoms with Crippen LogP contribution in [0.1, 0.15) is 59.8 Å². The van der Waals surface area contributed by atoms with Crippen LogP contribution in [-0.2, 0) is 0 Å². The summed E-state index contributed by atoms with van der Waals surface area (Å²) in [5.41, 5.74) is 12.1. The van der Waals surface area contributed by atoms with Crippen LogP contribution in [0.3, 0.4) is 0 Å². The van der Waals surface area contributed by atoms with Crippen LogP contribution in [0.15, 0.2) is 0 Å². The summed E-state index contributed by atoms with van der Waals surface area (Å²) in [4.78, 5) is 0. The molecule has 0 aromatic rings. The molecule has 3 nitrogen and oxygen atoms in total. The summed E-state index contributed by atoms with van der Waals surface area (Å²) >= 11 is 0. The Bertz CT molecular complexity index is 138. The van der Waals surface area contributed by atoms with E-state index in [4.69, 9.17) is 11.5 Å². The maximum Gasteiger partial charge on any atom is 0.0168 e. The maximum absolute atomic E-state index is 6.35. The molecule has 0 spiro atoms. The first-order chi connectivity index (χ1) is 6.44. The molecular weight excluding hydrogens is 186 g/mol. The van der Waals surface area contributed by atoms with Gasteiger partial charge in [0, 0.05) is 11.6 Å². The Balaban J connectivity index is 0. The van der Waals surface area contributed by atoms with Crippen molar-refractivity contribution in [1.29, 1.82) is 0 Å². The smallest absolute Gasteiger partial charge is 0.0168 e. The van der Waals surface area contributed by atoms with Crippen LogP contribution in [0.5, 0.6) is 0 Å². The lowest BCUT2D eigenvalue weighted by Gasteiger charge is -2.35. The topological polar surface area (TPSA) is 87.0 Å². The van der Waals surface area contributed by atoms with Gasteiger partial charge in [-0.25, -0.2) is 0 Å². The van der Waals surface area contributed by atoms with E-state index in [0.29, 0.717) is 5.92 Å². The van der Waals surface area contributed by atoms with Gasteiger partial charge in [-0.15, -0.1) is 0 Å². The lowest BCUT2D eigenvalue weighted by molar-refractivity contribution is 0.232. The van der Waals surface area contributed by atoms with Crippen molar-refractivity contribution in [3.05, 3.63) is 0 Å². The van der Waals surface area contributed by atoms with Crippen LogP contribution in [-0.4, -0.2) is 11.6 Å². The van der Waals surface area contributed by atoms with Crippen molar-refractivity contribution in [2.75, 3.05) is 0 Å². The molecule has 0 amide bonds. The molecule has 0 saturated carbocycles. The van der Waals surface area contributed by atoms with E-state index in [9.17, 15) is 0 Å². The predicted octanol–water partition coefficient (Wildman–Crippen LogP) is 2.82. The molecule has 0 aliphatic carbocycles. The minimum absolute atomic E-state index is 0. The van der Waals surface area contributed by atoms with E-state index in [1.807, 2.05) is 6.92 Å². The number of rotatable bonds is 7. The molecule has 3 heteroatoms. The minimum Gasteiger partial charge on any atom is -0.344 e. The fourth-order valence-corrected chi connectivity index (χ4v) is 2.36. The van der Waals surface area contributed by atoms with Crippen molar-refractivity contribution in [3.8, 4) is 0 Å². The third-order valence-corrected chi connectivity index (χ3v) is 2.97. The van der Waals surface area contributed by atoms with Gasteiger partial charge in [0.05, 0.1) is 0 Å². The Hall–Kier alpha value is -0.120. The largest absolute Gasteiger partial charge is 0.344 e. The van der Waals surface area contributed by atoms with Crippen molar-refractivity contribution < 1.29 is 0 Å². The summed E-state index contributed by atoms with van der Waals surface area (Å²) in [6.07, 6.45) is 5.83. The highest BCUT2D eigenvalue weighted by Gasteiger charge is 2.29. The standard InChI is InChI=1S/C12H28N2.H3N/c1-5-7-11(8-6-2)12(4,14)9-10(3)13;/h10-11H,5-9,13-14H2,1-4H3;1H3. The first-order valence-corrected chi connectivity index (χ1v) is 5.98. The third-order valence-electron chi connectivity index (χ3n) is 2.97. The molecule has 2 unspecified atom stereocenters. The van der Waals surface area contributed by atoms with Crippen LogP contribution < -0.4 is 17.6 Å². The first kappa shape index (κ1) is 17.3. The summed E-state index contributed by atoms with van der Waals surface area (Å²) in [6, 6.07) is 0.209. The van der Waals surface area contributed by atoms with Gasteiger partial charge in [0.15, 0.2) is 0 Å². The van der Waals surface area contributed by atoms with E-state index >= 15 is 0 Å².